The second-order valence-electron chi connectivity index (χ2n) is 8.18. The van der Waals surface area contributed by atoms with Gasteiger partial charge in [0.1, 0.15) is 11.5 Å². The molecular formula is C27H31N3O2. The van der Waals surface area contributed by atoms with E-state index < -0.39 is 0 Å². The van der Waals surface area contributed by atoms with Gasteiger partial charge in [-0.25, -0.2) is 0 Å². The Labute approximate surface area is 190 Å². The van der Waals surface area contributed by atoms with Crippen molar-refractivity contribution in [1.82, 2.24) is 10.2 Å². The van der Waals surface area contributed by atoms with Crippen molar-refractivity contribution in [3.8, 4) is 11.5 Å². The van der Waals surface area contributed by atoms with Crippen LogP contribution >= 0.6 is 0 Å². The molecule has 3 aromatic rings. The number of benzene rings is 3. The molecule has 0 aliphatic carbocycles. The van der Waals surface area contributed by atoms with Crippen LogP contribution in [0, 0.1) is 0 Å². The summed E-state index contributed by atoms with van der Waals surface area (Å²) in [6.07, 6.45) is 3.26. The molecule has 1 amide bonds. The van der Waals surface area contributed by atoms with Gasteiger partial charge in [-0.1, -0.05) is 36.4 Å². The summed E-state index contributed by atoms with van der Waals surface area (Å²) in [5, 5.41) is 6.66. The molecule has 166 valence electrons. The Bertz CT molecular complexity index is 953. The number of para-hydroxylation sites is 2. The molecule has 5 nitrogen and oxygen atoms in total. The first-order chi connectivity index (χ1) is 15.8. The van der Waals surface area contributed by atoms with Gasteiger partial charge in [0.25, 0.3) is 5.91 Å². The molecule has 1 saturated heterocycles. The Kier molecular flexibility index (Phi) is 7.77. The van der Waals surface area contributed by atoms with Crippen LogP contribution in [0.15, 0.2) is 84.9 Å². The number of likely N-dealkylation sites (tertiary alicyclic amines) is 1. The third-order valence-corrected chi connectivity index (χ3v) is 5.76. The molecule has 0 radical (unpaired) electrons. The highest BCUT2D eigenvalue weighted by Crippen LogP contribution is 2.21. The van der Waals surface area contributed by atoms with Gasteiger partial charge in [0.2, 0.25) is 0 Å². The molecule has 1 aliphatic heterocycles. The highest BCUT2D eigenvalue weighted by Gasteiger charge is 2.18. The van der Waals surface area contributed by atoms with Gasteiger partial charge >= 0.3 is 0 Å². The predicted molar refractivity (Wildman–Crippen MR) is 129 cm³/mol. The zero-order valence-electron chi connectivity index (χ0n) is 18.4. The topological polar surface area (TPSA) is 53.6 Å². The van der Waals surface area contributed by atoms with Crippen molar-refractivity contribution in [3.05, 3.63) is 90.5 Å². The standard InChI is InChI=1S/C27H31N3O2/c31-27(22-12-14-26(15-13-22)32-25-10-5-2-6-11-25)28-18-7-19-30-20-16-24(17-21-30)29-23-8-3-1-4-9-23/h1-6,8-15,24,29H,7,16-21H2,(H,28,31). The predicted octanol–water partition coefficient (Wildman–Crippen LogP) is 5.18. The van der Waals surface area contributed by atoms with Crippen molar-refractivity contribution < 1.29 is 9.53 Å². The molecule has 1 fully saturated rings. The largest absolute Gasteiger partial charge is 0.457 e. The first kappa shape index (κ1) is 21.9. The lowest BCUT2D eigenvalue weighted by Crippen LogP contribution is -2.40. The fraction of sp³-hybridized carbons (Fsp3) is 0.296. The summed E-state index contributed by atoms with van der Waals surface area (Å²) in [5.41, 5.74) is 1.85. The molecule has 0 unspecified atom stereocenters. The van der Waals surface area contributed by atoms with E-state index in [1.54, 1.807) is 12.1 Å². The minimum Gasteiger partial charge on any atom is -0.457 e. The van der Waals surface area contributed by atoms with E-state index in [1.807, 2.05) is 48.5 Å². The molecule has 0 bridgehead atoms. The molecule has 1 heterocycles. The number of anilines is 1. The number of ether oxygens (including phenoxy) is 1. The number of piperidine rings is 1. The van der Waals surface area contributed by atoms with E-state index in [-0.39, 0.29) is 5.91 Å². The van der Waals surface area contributed by atoms with Gasteiger partial charge in [-0.05, 0) is 74.3 Å². The number of nitrogens with zero attached hydrogens (tertiary/aromatic N) is 1. The minimum absolute atomic E-state index is 0.0398. The quantitative estimate of drug-likeness (QED) is 0.461. The summed E-state index contributed by atoms with van der Waals surface area (Å²) < 4.78 is 5.78. The summed E-state index contributed by atoms with van der Waals surface area (Å²) in [7, 11) is 0. The number of hydrogen-bond acceptors (Lipinski definition) is 4. The molecule has 5 heteroatoms. The van der Waals surface area contributed by atoms with Crippen LogP contribution in [-0.2, 0) is 0 Å². The summed E-state index contributed by atoms with van der Waals surface area (Å²) >= 11 is 0. The first-order valence-electron chi connectivity index (χ1n) is 11.4. The Balaban J connectivity index is 1.12. The van der Waals surface area contributed by atoms with E-state index in [0.29, 0.717) is 18.2 Å². The third-order valence-electron chi connectivity index (χ3n) is 5.76. The molecule has 0 spiro atoms. The van der Waals surface area contributed by atoms with Crippen LogP contribution in [0.2, 0.25) is 0 Å². The smallest absolute Gasteiger partial charge is 0.251 e. The number of hydrogen-bond donors (Lipinski definition) is 2. The maximum absolute atomic E-state index is 12.4. The van der Waals surface area contributed by atoms with Crippen molar-refractivity contribution in [1.29, 1.82) is 0 Å². The number of rotatable bonds is 9. The van der Waals surface area contributed by atoms with Gasteiger partial charge in [-0.2, -0.15) is 0 Å². The van der Waals surface area contributed by atoms with E-state index in [4.69, 9.17) is 4.74 Å². The lowest BCUT2D eigenvalue weighted by atomic mass is 10.0. The van der Waals surface area contributed by atoms with Crippen molar-refractivity contribution in [2.75, 3.05) is 31.5 Å². The van der Waals surface area contributed by atoms with Crippen LogP contribution < -0.4 is 15.4 Å². The molecule has 0 aromatic heterocycles. The Hall–Kier alpha value is -3.31. The second-order valence-corrected chi connectivity index (χ2v) is 8.18. The summed E-state index contributed by atoms with van der Waals surface area (Å²) in [5.74, 6) is 1.46. The molecule has 1 aliphatic rings. The number of amides is 1. The zero-order valence-corrected chi connectivity index (χ0v) is 18.4. The molecule has 0 atom stereocenters. The van der Waals surface area contributed by atoms with Crippen LogP contribution in [0.3, 0.4) is 0 Å². The summed E-state index contributed by atoms with van der Waals surface area (Å²) in [4.78, 5) is 14.9. The third kappa shape index (κ3) is 6.59. The average Bonchev–Trinajstić information content (AvgIpc) is 2.84. The zero-order chi connectivity index (χ0) is 22.0. The molecule has 3 aromatic carbocycles. The van der Waals surface area contributed by atoms with Crippen molar-refractivity contribution in [2.45, 2.75) is 25.3 Å². The van der Waals surface area contributed by atoms with E-state index in [9.17, 15) is 4.79 Å². The molecule has 0 saturated carbocycles. The van der Waals surface area contributed by atoms with Crippen LogP contribution in [0.4, 0.5) is 5.69 Å². The first-order valence-corrected chi connectivity index (χ1v) is 11.4. The normalized spacial score (nSPS) is 14.6. The molecule has 4 rings (SSSR count). The summed E-state index contributed by atoms with van der Waals surface area (Å²) in [6, 6.07) is 27.9. The van der Waals surface area contributed by atoms with Gasteiger partial charge in [0, 0.05) is 36.9 Å². The van der Waals surface area contributed by atoms with Crippen molar-refractivity contribution in [3.63, 3.8) is 0 Å². The number of nitrogens with one attached hydrogen (secondary N) is 2. The lowest BCUT2D eigenvalue weighted by molar-refractivity contribution is 0.0951. The van der Waals surface area contributed by atoms with Crippen LogP contribution in [0.5, 0.6) is 11.5 Å². The van der Waals surface area contributed by atoms with Crippen molar-refractivity contribution >= 4 is 11.6 Å². The van der Waals surface area contributed by atoms with E-state index in [1.165, 1.54) is 5.69 Å². The number of carbonyl (C=O) groups excluding carboxylic acids is 1. The van der Waals surface area contributed by atoms with E-state index in [0.717, 1.165) is 50.4 Å². The van der Waals surface area contributed by atoms with Gasteiger partial charge in [-0.15, -0.1) is 0 Å². The van der Waals surface area contributed by atoms with E-state index >= 15 is 0 Å². The highest BCUT2D eigenvalue weighted by atomic mass is 16.5. The number of carbonyl (C=O) groups is 1. The monoisotopic (exact) mass is 429 g/mol. The van der Waals surface area contributed by atoms with Gasteiger partial charge in [0.15, 0.2) is 0 Å². The Morgan fingerprint density at radius 3 is 2.16 bits per heavy atom. The van der Waals surface area contributed by atoms with Crippen LogP contribution in [0.1, 0.15) is 29.6 Å². The molecule has 32 heavy (non-hydrogen) atoms. The summed E-state index contributed by atoms with van der Waals surface area (Å²) in [6.45, 7) is 3.90. The van der Waals surface area contributed by atoms with Crippen molar-refractivity contribution in [2.24, 2.45) is 0 Å². The Morgan fingerprint density at radius 2 is 1.47 bits per heavy atom. The van der Waals surface area contributed by atoms with Gasteiger partial charge < -0.3 is 20.3 Å². The molecule has 2 N–H and O–H groups in total. The minimum atomic E-state index is -0.0398. The van der Waals surface area contributed by atoms with Crippen LogP contribution in [0.25, 0.3) is 0 Å². The van der Waals surface area contributed by atoms with Gasteiger partial charge in [-0.3, -0.25) is 4.79 Å². The fourth-order valence-corrected chi connectivity index (χ4v) is 3.98. The van der Waals surface area contributed by atoms with Crippen LogP contribution in [-0.4, -0.2) is 43.0 Å². The highest BCUT2D eigenvalue weighted by molar-refractivity contribution is 5.94. The average molecular weight is 430 g/mol. The SMILES string of the molecule is O=C(NCCCN1CCC(Nc2ccccc2)CC1)c1ccc(Oc2ccccc2)cc1. The molecular weight excluding hydrogens is 398 g/mol. The maximum atomic E-state index is 12.4. The lowest BCUT2D eigenvalue weighted by Gasteiger charge is -2.32. The van der Waals surface area contributed by atoms with E-state index in [2.05, 4.69) is 39.8 Å². The fourth-order valence-electron chi connectivity index (χ4n) is 3.98. The second kappa shape index (κ2) is 11.3. The maximum Gasteiger partial charge on any atom is 0.251 e. The van der Waals surface area contributed by atoms with Gasteiger partial charge in [0.05, 0.1) is 0 Å². The Morgan fingerprint density at radius 1 is 0.844 bits per heavy atom.